The zero-order valence-corrected chi connectivity index (χ0v) is 17.4. The highest BCUT2D eigenvalue weighted by atomic mass is 19.4. The van der Waals surface area contributed by atoms with Crippen LogP contribution in [0.3, 0.4) is 0 Å². The molecule has 0 bridgehead atoms. The second kappa shape index (κ2) is 10.4. The van der Waals surface area contributed by atoms with Crippen LogP contribution in [0.15, 0.2) is 48.5 Å². The Morgan fingerprint density at radius 3 is 2.59 bits per heavy atom. The van der Waals surface area contributed by atoms with Crippen LogP contribution in [0, 0.1) is 0 Å². The van der Waals surface area contributed by atoms with Gasteiger partial charge < -0.3 is 19.7 Å². The molecule has 3 rings (SSSR count). The molecule has 1 aliphatic rings. The zero-order chi connectivity index (χ0) is 23.1. The molecule has 2 aromatic carbocycles. The molecule has 1 aliphatic heterocycles. The number of carbonyl (C=O) groups is 2. The number of benzene rings is 2. The molecule has 0 spiro atoms. The first-order chi connectivity index (χ1) is 15.3. The van der Waals surface area contributed by atoms with E-state index in [-0.39, 0.29) is 56.4 Å². The van der Waals surface area contributed by atoms with Gasteiger partial charge in [0.2, 0.25) is 11.8 Å². The molecule has 32 heavy (non-hydrogen) atoms. The Hall–Kier alpha value is -3.27. The van der Waals surface area contributed by atoms with Crippen molar-refractivity contribution in [1.29, 1.82) is 0 Å². The lowest BCUT2D eigenvalue weighted by Gasteiger charge is -2.32. The summed E-state index contributed by atoms with van der Waals surface area (Å²) in [6.07, 6.45) is -4.23. The molecule has 1 atom stereocenters. The van der Waals surface area contributed by atoms with Gasteiger partial charge in [-0.15, -0.1) is 0 Å². The third kappa shape index (κ3) is 6.36. The van der Waals surface area contributed by atoms with Crippen LogP contribution in [-0.4, -0.2) is 50.2 Å². The van der Waals surface area contributed by atoms with Crippen molar-refractivity contribution >= 4 is 11.8 Å². The average molecular weight is 451 g/mol. The topological polar surface area (TPSA) is 79.9 Å². The molecule has 7 nitrogen and oxygen atoms in total. The number of carbonyl (C=O) groups excluding carboxylic acids is 2. The van der Waals surface area contributed by atoms with Crippen molar-refractivity contribution in [3.8, 4) is 11.5 Å². The predicted molar refractivity (Wildman–Crippen MR) is 110 cm³/mol. The molecule has 0 aromatic heterocycles. The van der Waals surface area contributed by atoms with Crippen LogP contribution in [-0.2, 0) is 15.8 Å². The van der Waals surface area contributed by atoms with Crippen LogP contribution in [0.1, 0.15) is 23.6 Å². The molecule has 1 fully saturated rings. The Bertz CT molecular complexity index is 935. The minimum absolute atomic E-state index is 0.00120. The van der Waals surface area contributed by atoms with E-state index in [2.05, 4.69) is 10.6 Å². The van der Waals surface area contributed by atoms with Gasteiger partial charge in [0.15, 0.2) is 0 Å². The Morgan fingerprint density at radius 1 is 1.19 bits per heavy atom. The van der Waals surface area contributed by atoms with E-state index in [1.54, 1.807) is 7.11 Å². The first kappa shape index (κ1) is 23.4. The van der Waals surface area contributed by atoms with Gasteiger partial charge in [0.1, 0.15) is 24.7 Å². The summed E-state index contributed by atoms with van der Waals surface area (Å²) in [5.41, 5.74) is 0.151. The maximum Gasteiger partial charge on any atom is 0.416 e. The van der Waals surface area contributed by atoms with E-state index in [4.69, 9.17) is 9.47 Å². The molecule has 2 aromatic rings. The van der Waals surface area contributed by atoms with Crippen molar-refractivity contribution in [2.75, 3.05) is 33.5 Å². The summed E-state index contributed by atoms with van der Waals surface area (Å²) in [5.74, 6) is 0.260. The van der Waals surface area contributed by atoms with E-state index in [9.17, 15) is 22.8 Å². The van der Waals surface area contributed by atoms with Crippen LogP contribution < -0.4 is 20.1 Å². The number of methoxy groups -OCH3 is 1. The summed E-state index contributed by atoms with van der Waals surface area (Å²) in [7, 11) is 1.58. The number of nitrogens with zero attached hydrogens (tertiary/aromatic N) is 1. The van der Waals surface area contributed by atoms with Gasteiger partial charge in [0, 0.05) is 12.5 Å². The Labute approximate surface area is 183 Å². The van der Waals surface area contributed by atoms with E-state index in [0.29, 0.717) is 0 Å². The van der Waals surface area contributed by atoms with Crippen molar-refractivity contribution in [1.82, 2.24) is 15.5 Å². The SMILES string of the molecule is COc1ccc(C2CC(=O)N(CC(=O)NCCOc3cccc(C(F)(F)F)c3)CN2)cc1. The minimum Gasteiger partial charge on any atom is -0.497 e. The van der Waals surface area contributed by atoms with E-state index >= 15 is 0 Å². The van der Waals surface area contributed by atoms with E-state index in [1.807, 2.05) is 24.3 Å². The second-order valence-electron chi connectivity index (χ2n) is 7.21. The first-order valence-electron chi connectivity index (χ1n) is 9.98. The highest BCUT2D eigenvalue weighted by molar-refractivity contribution is 5.85. The van der Waals surface area contributed by atoms with Crippen LogP contribution in [0.2, 0.25) is 0 Å². The third-order valence-corrected chi connectivity index (χ3v) is 4.97. The van der Waals surface area contributed by atoms with Crippen molar-refractivity contribution in [3.63, 3.8) is 0 Å². The molecule has 172 valence electrons. The van der Waals surface area contributed by atoms with Gasteiger partial charge >= 0.3 is 6.18 Å². The Kier molecular flexibility index (Phi) is 7.57. The van der Waals surface area contributed by atoms with Gasteiger partial charge in [-0.05, 0) is 35.9 Å². The highest BCUT2D eigenvalue weighted by Gasteiger charge is 2.30. The third-order valence-electron chi connectivity index (χ3n) is 4.97. The minimum atomic E-state index is -4.45. The highest BCUT2D eigenvalue weighted by Crippen LogP contribution is 2.31. The van der Waals surface area contributed by atoms with Gasteiger partial charge in [0.25, 0.3) is 0 Å². The fraction of sp³-hybridized carbons (Fsp3) is 0.364. The molecule has 1 unspecified atom stereocenters. The molecule has 0 radical (unpaired) electrons. The number of hydrogen-bond donors (Lipinski definition) is 2. The Balaban J connectivity index is 1.39. The molecule has 0 aliphatic carbocycles. The lowest BCUT2D eigenvalue weighted by Crippen LogP contribution is -2.50. The normalized spacial score (nSPS) is 16.6. The summed E-state index contributed by atoms with van der Waals surface area (Å²) in [6, 6.07) is 11.8. The monoisotopic (exact) mass is 451 g/mol. The number of nitrogens with one attached hydrogen (secondary N) is 2. The van der Waals surface area contributed by atoms with Gasteiger partial charge in [-0.25, -0.2) is 0 Å². The van der Waals surface area contributed by atoms with Crippen LogP contribution in [0.4, 0.5) is 13.2 Å². The number of hydrogen-bond acceptors (Lipinski definition) is 5. The van der Waals surface area contributed by atoms with Gasteiger partial charge in [-0.2, -0.15) is 13.2 Å². The number of amides is 2. The molecular formula is C22H24F3N3O4. The Morgan fingerprint density at radius 2 is 1.94 bits per heavy atom. The molecule has 0 saturated carbocycles. The zero-order valence-electron chi connectivity index (χ0n) is 17.4. The lowest BCUT2D eigenvalue weighted by atomic mass is 10.0. The van der Waals surface area contributed by atoms with Crippen LogP contribution in [0.25, 0.3) is 0 Å². The number of alkyl halides is 3. The maximum absolute atomic E-state index is 12.7. The predicted octanol–water partition coefficient (Wildman–Crippen LogP) is 2.73. The summed E-state index contributed by atoms with van der Waals surface area (Å²) in [4.78, 5) is 26.0. The quantitative estimate of drug-likeness (QED) is 0.604. The van der Waals surface area contributed by atoms with E-state index < -0.39 is 11.7 Å². The summed E-state index contributed by atoms with van der Waals surface area (Å²) in [6.45, 7) is 0.201. The summed E-state index contributed by atoms with van der Waals surface area (Å²) >= 11 is 0. The second-order valence-corrected chi connectivity index (χ2v) is 7.21. The molecule has 10 heteroatoms. The van der Waals surface area contributed by atoms with Crippen molar-refractivity contribution in [2.45, 2.75) is 18.6 Å². The molecule has 2 N–H and O–H groups in total. The molecule has 1 heterocycles. The van der Waals surface area contributed by atoms with Crippen molar-refractivity contribution < 1.29 is 32.2 Å². The smallest absolute Gasteiger partial charge is 0.416 e. The van der Waals surface area contributed by atoms with Crippen LogP contribution >= 0.6 is 0 Å². The fourth-order valence-corrected chi connectivity index (χ4v) is 3.25. The van der Waals surface area contributed by atoms with E-state index in [0.717, 1.165) is 23.4 Å². The lowest BCUT2D eigenvalue weighted by molar-refractivity contribution is -0.139. The number of ether oxygens (including phenoxy) is 2. The van der Waals surface area contributed by atoms with Gasteiger partial charge in [-0.1, -0.05) is 18.2 Å². The summed E-state index contributed by atoms with van der Waals surface area (Å²) < 4.78 is 48.5. The van der Waals surface area contributed by atoms with E-state index in [1.165, 1.54) is 17.0 Å². The molecule has 1 saturated heterocycles. The van der Waals surface area contributed by atoms with Gasteiger partial charge in [-0.3, -0.25) is 14.9 Å². The van der Waals surface area contributed by atoms with Gasteiger partial charge in [0.05, 0.1) is 25.9 Å². The number of rotatable bonds is 8. The standard InChI is InChI=1S/C22H24F3N3O4/c1-31-17-7-5-15(6-8-17)19-12-21(30)28(14-27-19)13-20(29)26-9-10-32-18-4-2-3-16(11-18)22(23,24)25/h2-8,11,19,27H,9-10,12-14H2,1H3,(H,26,29). The largest absolute Gasteiger partial charge is 0.497 e. The van der Waals surface area contributed by atoms with Crippen molar-refractivity contribution in [3.05, 3.63) is 59.7 Å². The molecular weight excluding hydrogens is 427 g/mol. The summed E-state index contributed by atoms with van der Waals surface area (Å²) in [5, 5.41) is 5.83. The fourth-order valence-electron chi connectivity index (χ4n) is 3.25. The number of halogens is 3. The van der Waals surface area contributed by atoms with Crippen molar-refractivity contribution in [2.24, 2.45) is 0 Å². The molecule has 2 amide bonds. The average Bonchev–Trinajstić information content (AvgIpc) is 2.78. The van der Waals surface area contributed by atoms with Crippen LogP contribution in [0.5, 0.6) is 11.5 Å². The maximum atomic E-state index is 12.7. The first-order valence-corrected chi connectivity index (χ1v) is 9.98.